The first-order chi connectivity index (χ1) is 11.1. The first-order valence-corrected chi connectivity index (χ1v) is 8.29. The van der Waals surface area contributed by atoms with E-state index in [1.54, 1.807) is 14.0 Å². The molecule has 2 atom stereocenters. The van der Waals surface area contributed by atoms with Crippen molar-refractivity contribution in [1.82, 2.24) is 10.2 Å². The van der Waals surface area contributed by atoms with Gasteiger partial charge < -0.3 is 19.7 Å². The molecule has 0 spiro atoms. The molecule has 1 saturated heterocycles. The van der Waals surface area contributed by atoms with Crippen molar-refractivity contribution >= 4 is 5.91 Å². The summed E-state index contributed by atoms with van der Waals surface area (Å²) in [6.45, 7) is 7.56. The van der Waals surface area contributed by atoms with Crippen molar-refractivity contribution in [3.05, 3.63) is 29.8 Å². The maximum atomic E-state index is 11.4. The number of carbonyl (C=O) groups excluding carboxylic acids is 1. The minimum absolute atomic E-state index is 0.180. The van der Waals surface area contributed by atoms with Crippen LogP contribution in [0.2, 0.25) is 0 Å². The molecule has 1 aliphatic heterocycles. The number of benzene rings is 1. The van der Waals surface area contributed by atoms with E-state index in [1.165, 1.54) is 5.56 Å². The molecule has 5 nitrogen and oxygen atoms in total. The molecular weight excluding hydrogens is 292 g/mol. The number of hydrogen-bond acceptors (Lipinski definition) is 4. The highest BCUT2D eigenvalue weighted by Gasteiger charge is 2.26. The highest BCUT2D eigenvalue weighted by atomic mass is 16.5. The Labute approximate surface area is 139 Å². The van der Waals surface area contributed by atoms with Crippen molar-refractivity contribution in [2.45, 2.75) is 32.9 Å². The largest absolute Gasteiger partial charge is 0.491 e. The van der Waals surface area contributed by atoms with Crippen molar-refractivity contribution < 1.29 is 14.3 Å². The second kappa shape index (κ2) is 8.89. The summed E-state index contributed by atoms with van der Waals surface area (Å²) >= 11 is 0. The van der Waals surface area contributed by atoms with Crippen LogP contribution >= 0.6 is 0 Å². The lowest BCUT2D eigenvalue weighted by molar-refractivity contribution is -0.130. The predicted octanol–water partition coefficient (Wildman–Crippen LogP) is 2.06. The molecule has 1 fully saturated rings. The topological polar surface area (TPSA) is 50.8 Å². The molecule has 128 valence electrons. The molecule has 1 aromatic carbocycles. The van der Waals surface area contributed by atoms with Crippen molar-refractivity contribution in [2.75, 3.05) is 33.4 Å². The van der Waals surface area contributed by atoms with Crippen LogP contribution in [0.25, 0.3) is 0 Å². The third kappa shape index (κ3) is 5.52. The average Bonchev–Trinajstić information content (AvgIpc) is 2.55. The van der Waals surface area contributed by atoms with Crippen LogP contribution in [-0.4, -0.2) is 50.3 Å². The maximum Gasteiger partial charge on any atom is 0.219 e. The highest BCUT2D eigenvalue weighted by Crippen LogP contribution is 2.18. The van der Waals surface area contributed by atoms with Crippen LogP contribution in [0.3, 0.4) is 0 Å². The van der Waals surface area contributed by atoms with Gasteiger partial charge in [0.25, 0.3) is 0 Å². The van der Waals surface area contributed by atoms with Gasteiger partial charge in [-0.2, -0.15) is 0 Å². The van der Waals surface area contributed by atoms with Gasteiger partial charge in [0, 0.05) is 39.7 Å². The van der Waals surface area contributed by atoms with Crippen LogP contribution in [0.1, 0.15) is 25.8 Å². The van der Waals surface area contributed by atoms with E-state index in [2.05, 4.69) is 24.4 Å². The number of amides is 1. The zero-order valence-electron chi connectivity index (χ0n) is 14.4. The van der Waals surface area contributed by atoms with E-state index < -0.39 is 0 Å². The van der Waals surface area contributed by atoms with Crippen LogP contribution in [0.4, 0.5) is 0 Å². The molecule has 1 aromatic rings. The normalized spacial score (nSPS) is 21.3. The number of piperidine rings is 1. The lowest BCUT2D eigenvalue weighted by Gasteiger charge is -2.37. The van der Waals surface area contributed by atoms with Gasteiger partial charge in [-0.15, -0.1) is 0 Å². The zero-order valence-corrected chi connectivity index (χ0v) is 14.4. The first-order valence-electron chi connectivity index (χ1n) is 8.29. The van der Waals surface area contributed by atoms with E-state index in [0.29, 0.717) is 25.2 Å². The number of nitrogens with zero attached hydrogens (tertiary/aromatic N) is 1. The summed E-state index contributed by atoms with van der Waals surface area (Å²) in [7, 11) is 1.67. The second-order valence-corrected chi connectivity index (χ2v) is 6.20. The molecule has 1 aliphatic rings. The number of rotatable bonds is 7. The SMILES string of the molecule is COCCOc1ccc(CN[C@@H]2CCN(C(C)=O)C[C@H]2C)cc1. The predicted molar refractivity (Wildman–Crippen MR) is 90.5 cm³/mol. The summed E-state index contributed by atoms with van der Waals surface area (Å²) in [4.78, 5) is 13.4. The molecule has 0 saturated carbocycles. The number of hydrogen-bond donors (Lipinski definition) is 1. The zero-order chi connectivity index (χ0) is 16.7. The smallest absolute Gasteiger partial charge is 0.219 e. The Morgan fingerprint density at radius 3 is 2.65 bits per heavy atom. The first kappa shape index (κ1) is 17.8. The molecule has 2 rings (SSSR count). The Bertz CT molecular complexity index is 490. The van der Waals surface area contributed by atoms with Gasteiger partial charge in [0.15, 0.2) is 0 Å². The van der Waals surface area contributed by atoms with E-state index >= 15 is 0 Å². The van der Waals surface area contributed by atoms with Crippen molar-refractivity contribution in [1.29, 1.82) is 0 Å². The standard InChI is InChI=1S/C18H28N2O3/c1-14-13-20(15(2)21)9-8-18(14)19-12-16-4-6-17(7-5-16)23-11-10-22-3/h4-7,14,18-19H,8-13H2,1-3H3/t14-,18-/m1/s1. The van der Waals surface area contributed by atoms with E-state index in [0.717, 1.165) is 31.8 Å². The molecule has 0 bridgehead atoms. The van der Waals surface area contributed by atoms with Crippen LogP contribution in [0.15, 0.2) is 24.3 Å². The number of nitrogens with one attached hydrogen (secondary N) is 1. The Morgan fingerprint density at radius 2 is 2.04 bits per heavy atom. The summed E-state index contributed by atoms with van der Waals surface area (Å²) in [5.41, 5.74) is 1.24. The Hall–Kier alpha value is -1.59. The van der Waals surface area contributed by atoms with Gasteiger partial charge >= 0.3 is 0 Å². The maximum absolute atomic E-state index is 11.4. The molecule has 0 aromatic heterocycles. The average molecular weight is 320 g/mol. The van der Waals surface area contributed by atoms with E-state index in [-0.39, 0.29) is 5.91 Å². The number of ether oxygens (including phenoxy) is 2. The van der Waals surface area contributed by atoms with Gasteiger partial charge in [-0.1, -0.05) is 19.1 Å². The van der Waals surface area contributed by atoms with Gasteiger partial charge in [0.2, 0.25) is 5.91 Å². The Morgan fingerprint density at radius 1 is 1.30 bits per heavy atom. The summed E-state index contributed by atoms with van der Waals surface area (Å²) in [6.07, 6.45) is 1.01. The monoisotopic (exact) mass is 320 g/mol. The summed E-state index contributed by atoms with van der Waals surface area (Å²) < 4.78 is 10.5. The van der Waals surface area contributed by atoms with Gasteiger partial charge in [-0.3, -0.25) is 4.79 Å². The van der Waals surface area contributed by atoms with E-state index in [9.17, 15) is 4.79 Å². The lowest BCUT2D eigenvalue weighted by atomic mass is 9.93. The molecule has 5 heteroatoms. The van der Waals surface area contributed by atoms with Gasteiger partial charge in [0.1, 0.15) is 12.4 Å². The van der Waals surface area contributed by atoms with Crippen LogP contribution < -0.4 is 10.1 Å². The minimum Gasteiger partial charge on any atom is -0.491 e. The Kier molecular flexibility index (Phi) is 6.86. The van der Waals surface area contributed by atoms with Gasteiger partial charge in [0.05, 0.1) is 6.61 Å². The summed E-state index contributed by atoms with van der Waals surface area (Å²) in [5, 5.41) is 3.62. The summed E-state index contributed by atoms with van der Waals surface area (Å²) in [5.74, 6) is 1.53. The quantitative estimate of drug-likeness (QED) is 0.781. The molecule has 0 radical (unpaired) electrons. The van der Waals surface area contributed by atoms with Crippen LogP contribution in [0.5, 0.6) is 5.75 Å². The van der Waals surface area contributed by atoms with E-state index in [4.69, 9.17) is 9.47 Å². The number of methoxy groups -OCH3 is 1. The fourth-order valence-electron chi connectivity index (χ4n) is 2.93. The van der Waals surface area contributed by atoms with Gasteiger partial charge in [-0.25, -0.2) is 0 Å². The van der Waals surface area contributed by atoms with Gasteiger partial charge in [-0.05, 0) is 30.0 Å². The van der Waals surface area contributed by atoms with Crippen molar-refractivity contribution in [2.24, 2.45) is 5.92 Å². The third-order valence-electron chi connectivity index (χ3n) is 4.40. The molecule has 1 amide bonds. The molecular formula is C18H28N2O3. The fourth-order valence-corrected chi connectivity index (χ4v) is 2.93. The molecule has 0 unspecified atom stereocenters. The number of carbonyl (C=O) groups is 1. The summed E-state index contributed by atoms with van der Waals surface area (Å²) in [6, 6.07) is 8.63. The Balaban J connectivity index is 1.76. The van der Waals surface area contributed by atoms with Crippen molar-refractivity contribution in [3.8, 4) is 5.75 Å². The van der Waals surface area contributed by atoms with Crippen LogP contribution in [-0.2, 0) is 16.1 Å². The minimum atomic E-state index is 0.180. The molecule has 1 heterocycles. The molecule has 0 aliphatic carbocycles. The molecule has 23 heavy (non-hydrogen) atoms. The fraction of sp³-hybridized carbons (Fsp3) is 0.611. The second-order valence-electron chi connectivity index (χ2n) is 6.20. The lowest BCUT2D eigenvalue weighted by Crippen LogP contribution is -2.49. The van der Waals surface area contributed by atoms with Crippen molar-refractivity contribution in [3.63, 3.8) is 0 Å². The number of likely N-dealkylation sites (tertiary alicyclic amines) is 1. The van der Waals surface area contributed by atoms with Crippen LogP contribution in [0, 0.1) is 5.92 Å². The highest BCUT2D eigenvalue weighted by molar-refractivity contribution is 5.73. The van der Waals surface area contributed by atoms with E-state index in [1.807, 2.05) is 17.0 Å². The molecule has 1 N–H and O–H groups in total. The third-order valence-corrected chi connectivity index (χ3v) is 4.40.